The van der Waals surface area contributed by atoms with E-state index in [2.05, 4.69) is 25.3 Å². The van der Waals surface area contributed by atoms with Gasteiger partial charge in [-0.1, -0.05) is 32.0 Å². The molecule has 0 atom stereocenters. The van der Waals surface area contributed by atoms with E-state index in [1.165, 1.54) is 41.2 Å². The Morgan fingerprint density at radius 3 is 2.37 bits per heavy atom. The summed E-state index contributed by atoms with van der Waals surface area (Å²) in [6.07, 6.45) is -1.01. The van der Waals surface area contributed by atoms with Gasteiger partial charge >= 0.3 is 6.18 Å². The topological polar surface area (TPSA) is 69.4 Å². The number of hydrogen-bond donors (Lipinski definition) is 0. The van der Waals surface area contributed by atoms with Crippen LogP contribution in [0.25, 0.3) is 34.0 Å². The first-order chi connectivity index (χ1) is 18.1. The summed E-state index contributed by atoms with van der Waals surface area (Å²) >= 11 is 0. The van der Waals surface area contributed by atoms with E-state index in [0.717, 1.165) is 6.07 Å². The minimum absolute atomic E-state index is 0.0283. The lowest BCUT2D eigenvalue weighted by molar-refractivity contribution is -0.137. The molecule has 2 aliphatic heterocycles. The number of nitrogens with zero attached hydrogens (tertiary/aromatic N) is 6. The van der Waals surface area contributed by atoms with Crippen molar-refractivity contribution in [2.45, 2.75) is 33.0 Å². The van der Waals surface area contributed by atoms with Crippen molar-refractivity contribution in [3.8, 4) is 34.0 Å². The van der Waals surface area contributed by atoms with Gasteiger partial charge in [0.15, 0.2) is 17.5 Å². The standard InChI is InChI=1S/C27H21F5N6/c1-15(2)10-16-6-8-18(20(11-16)27(30,31)32)22-9-7-17(36-37-22)13-38-14-24-23(12-33-38)34-26(35-24)19-4-3-5-21(28)25(19)29/h3-9,11-12,14-15H,10,13H2,1-2H3. The lowest BCUT2D eigenvalue weighted by Gasteiger charge is -2.15. The number of imidazole rings is 1. The molecule has 2 aliphatic rings. The van der Waals surface area contributed by atoms with Gasteiger partial charge in [0.2, 0.25) is 0 Å². The van der Waals surface area contributed by atoms with E-state index in [0.29, 0.717) is 29.1 Å². The Hall–Kier alpha value is -4.28. The molecule has 0 fully saturated rings. The normalized spacial score (nSPS) is 12.0. The lowest BCUT2D eigenvalue weighted by Crippen LogP contribution is -2.10. The molecule has 0 amide bonds. The molecule has 0 bridgehead atoms. The van der Waals surface area contributed by atoms with Crippen LogP contribution in [0.15, 0.2) is 60.9 Å². The SMILES string of the molecule is CC(C)Cc1ccc(-c2ccc(Cn3cc4nc(-c5cccc(F)c5F)nc-4cn3)nn2)c(C(F)(F)F)c1. The van der Waals surface area contributed by atoms with Crippen LogP contribution in [-0.4, -0.2) is 29.9 Å². The first-order valence-corrected chi connectivity index (χ1v) is 11.8. The summed E-state index contributed by atoms with van der Waals surface area (Å²) in [5, 5.41) is 12.4. The Morgan fingerprint density at radius 2 is 1.66 bits per heavy atom. The Balaban J connectivity index is 1.39. The van der Waals surface area contributed by atoms with Gasteiger partial charge in [-0.15, -0.1) is 0 Å². The van der Waals surface area contributed by atoms with Gasteiger partial charge in [-0.2, -0.15) is 28.5 Å². The number of fused-ring (bicyclic) bond motifs is 1. The summed E-state index contributed by atoms with van der Waals surface area (Å²) in [4.78, 5) is 8.49. The van der Waals surface area contributed by atoms with Gasteiger partial charge in [0, 0.05) is 5.56 Å². The number of rotatable bonds is 6. The van der Waals surface area contributed by atoms with Crippen molar-refractivity contribution < 1.29 is 22.0 Å². The predicted molar refractivity (Wildman–Crippen MR) is 130 cm³/mol. The molecular weight excluding hydrogens is 503 g/mol. The van der Waals surface area contributed by atoms with E-state index in [-0.39, 0.29) is 35.1 Å². The van der Waals surface area contributed by atoms with E-state index in [1.807, 2.05) is 13.8 Å². The number of halogens is 5. The van der Waals surface area contributed by atoms with Crippen LogP contribution in [0.2, 0.25) is 0 Å². The predicted octanol–water partition coefficient (Wildman–Crippen LogP) is 6.45. The molecule has 3 heterocycles. The van der Waals surface area contributed by atoms with Crippen LogP contribution in [0, 0.1) is 17.6 Å². The Morgan fingerprint density at radius 1 is 0.868 bits per heavy atom. The second kappa shape index (κ2) is 9.88. The van der Waals surface area contributed by atoms with Gasteiger partial charge < -0.3 is 0 Å². The number of alkyl halides is 3. The van der Waals surface area contributed by atoms with Crippen molar-refractivity contribution in [1.82, 2.24) is 29.9 Å². The van der Waals surface area contributed by atoms with E-state index >= 15 is 0 Å². The summed E-state index contributed by atoms with van der Waals surface area (Å²) in [6, 6.07) is 11.1. The Kier molecular flexibility index (Phi) is 6.60. The molecule has 0 aliphatic carbocycles. The van der Waals surface area contributed by atoms with Crippen molar-refractivity contribution in [2.24, 2.45) is 5.92 Å². The van der Waals surface area contributed by atoms with Crippen molar-refractivity contribution >= 4 is 0 Å². The average Bonchev–Trinajstić information content (AvgIpc) is 3.28. The number of aromatic nitrogens is 6. The van der Waals surface area contributed by atoms with Crippen molar-refractivity contribution in [1.29, 1.82) is 0 Å². The van der Waals surface area contributed by atoms with Crippen LogP contribution >= 0.6 is 0 Å². The van der Waals surface area contributed by atoms with Gasteiger partial charge in [0.1, 0.15) is 11.4 Å². The molecule has 38 heavy (non-hydrogen) atoms. The molecular formula is C27H21F5N6. The van der Waals surface area contributed by atoms with E-state index in [1.54, 1.807) is 18.3 Å². The monoisotopic (exact) mass is 524 g/mol. The summed E-state index contributed by atoms with van der Waals surface area (Å²) in [5.74, 6) is -1.79. The summed E-state index contributed by atoms with van der Waals surface area (Å²) in [6.45, 7) is 4.05. The van der Waals surface area contributed by atoms with Crippen molar-refractivity contribution in [2.75, 3.05) is 0 Å². The smallest absolute Gasteiger partial charge is 0.264 e. The number of benzene rings is 2. The maximum Gasteiger partial charge on any atom is 0.417 e. The third kappa shape index (κ3) is 5.22. The highest BCUT2D eigenvalue weighted by Gasteiger charge is 2.34. The zero-order valence-electron chi connectivity index (χ0n) is 20.3. The lowest BCUT2D eigenvalue weighted by atomic mass is 9.96. The fourth-order valence-corrected chi connectivity index (χ4v) is 4.15. The maximum absolute atomic E-state index is 14.1. The van der Waals surface area contributed by atoms with Gasteiger partial charge in [0.25, 0.3) is 0 Å². The van der Waals surface area contributed by atoms with E-state index < -0.39 is 23.4 Å². The maximum atomic E-state index is 14.1. The summed E-state index contributed by atoms with van der Waals surface area (Å²) in [5.41, 5.74) is 1.10. The third-order valence-electron chi connectivity index (χ3n) is 5.86. The Bertz CT molecular complexity index is 1560. The molecule has 0 radical (unpaired) electrons. The van der Waals surface area contributed by atoms with Crippen LogP contribution in [0.5, 0.6) is 0 Å². The molecule has 1 aromatic heterocycles. The second-order valence-electron chi connectivity index (χ2n) is 9.28. The molecule has 0 N–H and O–H groups in total. The summed E-state index contributed by atoms with van der Waals surface area (Å²) in [7, 11) is 0. The Labute approximate surface area is 214 Å². The first kappa shape index (κ1) is 25.4. The number of hydrogen-bond acceptors (Lipinski definition) is 5. The molecule has 6 nitrogen and oxygen atoms in total. The van der Waals surface area contributed by atoms with Gasteiger partial charge in [-0.05, 0) is 48.2 Å². The quantitative estimate of drug-likeness (QED) is 0.239. The van der Waals surface area contributed by atoms with Crippen molar-refractivity contribution in [3.05, 3.63) is 89.4 Å². The minimum Gasteiger partial charge on any atom is -0.264 e. The molecule has 0 saturated carbocycles. The van der Waals surface area contributed by atoms with Crippen LogP contribution < -0.4 is 0 Å². The second-order valence-corrected chi connectivity index (χ2v) is 9.28. The zero-order valence-corrected chi connectivity index (χ0v) is 20.3. The van der Waals surface area contributed by atoms with Crippen LogP contribution in [0.4, 0.5) is 22.0 Å². The van der Waals surface area contributed by atoms with Gasteiger partial charge in [0.05, 0.1) is 41.5 Å². The highest BCUT2D eigenvalue weighted by molar-refractivity contribution is 5.66. The minimum atomic E-state index is -4.54. The van der Waals surface area contributed by atoms with Gasteiger partial charge in [-0.3, -0.25) is 4.68 Å². The average molecular weight is 524 g/mol. The fraction of sp³-hybridized carbons (Fsp3) is 0.222. The van der Waals surface area contributed by atoms with Crippen molar-refractivity contribution in [3.63, 3.8) is 0 Å². The fourth-order valence-electron chi connectivity index (χ4n) is 4.15. The molecule has 0 saturated heterocycles. The van der Waals surface area contributed by atoms with Gasteiger partial charge in [-0.25, -0.2) is 18.7 Å². The molecule has 194 valence electrons. The molecule has 5 rings (SSSR count). The highest BCUT2D eigenvalue weighted by Crippen LogP contribution is 2.37. The van der Waals surface area contributed by atoms with Crippen LogP contribution in [0.1, 0.15) is 30.7 Å². The highest BCUT2D eigenvalue weighted by atomic mass is 19.4. The molecule has 0 unspecified atom stereocenters. The molecule has 0 spiro atoms. The molecule has 2 aromatic carbocycles. The largest absolute Gasteiger partial charge is 0.417 e. The summed E-state index contributed by atoms with van der Waals surface area (Å²) < 4.78 is 70.6. The van der Waals surface area contributed by atoms with E-state index in [9.17, 15) is 22.0 Å². The third-order valence-corrected chi connectivity index (χ3v) is 5.86. The zero-order chi connectivity index (χ0) is 27.0. The molecule has 3 aromatic rings. The first-order valence-electron chi connectivity index (χ1n) is 11.8. The molecule has 11 heteroatoms. The van der Waals surface area contributed by atoms with E-state index in [4.69, 9.17) is 0 Å². The van der Waals surface area contributed by atoms with Crippen LogP contribution in [0.3, 0.4) is 0 Å². The van der Waals surface area contributed by atoms with Crippen LogP contribution in [-0.2, 0) is 19.1 Å².